The summed E-state index contributed by atoms with van der Waals surface area (Å²) in [6.07, 6.45) is 0.338. The zero-order valence-corrected chi connectivity index (χ0v) is 10.6. The van der Waals surface area contributed by atoms with Crippen LogP contribution in [0.15, 0.2) is 0 Å². The van der Waals surface area contributed by atoms with Crippen LogP contribution in [0.4, 0.5) is 4.79 Å². The highest BCUT2D eigenvalue weighted by Gasteiger charge is 2.39. The summed E-state index contributed by atoms with van der Waals surface area (Å²) in [7, 11) is 1.29. The molecule has 1 unspecified atom stereocenters. The molecule has 0 aliphatic heterocycles. The van der Waals surface area contributed by atoms with Gasteiger partial charge in [-0.1, -0.05) is 0 Å². The Kier molecular flexibility index (Phi) is 4.34. The van der Waals surface area contributed by atoms with Gasteiger partial charge in [0.15, 0.2) is 6.10 Å². The standard InChI is InChI=1S/C11H19NO5/c1-11(2,3)16-10(14)12-17-8(7-5-6-7)9(13)15-4/h7-8H,5-6H2,1-4H3,(H,12,14). The van der Waals surface area contributed by atoms with Crippen molar-refractivity contribution in [2.75, 3.05) is 7.11 Å². The molecule has 1 aliphatic carbocycles. The minimum Gasteiger partial charge on any atom is -0.467 e. The van der Waals surface area contributed by atoms with Crippen molar-refractivity contribution in [3.63, 3.8) is 0 Å². The fourth-order valence-electron chi connectivity index (χ4n) is 1.26. The molecule has 1 atom stereocenters. The van der Waals surface area contributed by atoms with Crippen LogP contribution in [0.25, 0.3) is 0 Å². The van der Waals surface area contributed by atoms with E-state index in [0.29, 0.717) is 0 Å². The van der Waals surface area contributed by atoms with E-state index in [1.165, 1.54) is 7.11 Å². The van der Waals surface area contributed by atoms with Gasteiger partial charge in [-0.3, -0.25) is 4.84 Å². The van der Waals surface area contributed by atoms with Crippen molar-refractivity contribution in [1.82, 2.24) is 5.48 Å². The highest BCUT2D eigenvalue weighted by Crippen LogP contribution is 2.34. The van der Waals surface area contributed by atoms with Gasteiger partial charge in [0.25, 0.3) is 0 Å². The van der Waals surface area contributed by atoms with Crippen LogP contribution in [0.1, 0.15) is 33.6 Å². The van der Waals surface area contributed by atoms with Crippen molar-refractivity contribution >= 4 is 12.1 Å². The third kappa shape index (κ3) is 5.04. The van der Waals surface area contributed by atoms with Crippen LogP contribution in [0, 0.1) is 5.92 Å². The van der Waals surface area contributed by atoms with Crippen LogP contribution in [0.3, 0.4) is 0 Å². The van der Waals surface area contributed by atoms with Gasteiger partial charge < -0.3 is 9.47 Å². The Morgan fingerprint density at radius 1 is 1.29 bits per heavy atom. The maximum Gasteiger partial charge on any atom is 0.431 e. The van der Waals surface area contributed by atoms with Crippen LogP contribution in [-0.4, -0.2) is 30.9 Å². The molecule has 17 heavy (non-hydrogen) atoms. The second kappa shape index (κ2) is 5.35. The van der Waals surface area contributed by atoms with Gasteiger partial charge in [0, 0.05) is 0 Å². The highest BCUT2D eigenvalue weighted by atomic mass is 16.7. The van der Waals surface area contributed by atoms with E-state index in [1.807, 2.05) is 0 Å². The van der Waals surface area contributed by atoms with E-state index < -0.39 is 23.8 Å². The molecule has 1 rings (SSSR count). The molecule has 1 aliphatic rings. The minimum atomic E-state index is -0.743. The van der Waals surface area contributed by atoms with Gasteiger partial charge in [-0.15, -0.1) is 0 Å². The Bertz CT molecular complexity index is 293. The quantitative estimate of drug-likeness (QED) is 0.598. The molecule has 0 aromatic heterocycles. The fraction of sp³-hybridized carbons (Fsp3) is 0.818. The smallest absolute Gasteiger partial charge is 0.431 e. The summed E-state index contributed by atoms with van der Waals surface area (Å²) in [5.74, 6) is -0.360. The van der Waals surface area contributed by atoms with Gasteiger partial charge in [-0.25, -0.2) is 9.59 Å². The molecule has 1 amide bonds. The molecule has 0 spiro atoms. The lowest BCUT2D eigenvalue weighted by Gasteiger charge is -2.21. The first-order valence-electron chi connectivity index (χ1n) is 5.56. The Hall–Kier alpha value is -1.30. The normalized spacial score (nSPS) is 17.2. The summed E-state index contributed by atoms with van der Waals surface area (Å²) in [5, 5.41) is 0. The van der Waals surface area contributed by atoms with Crippen LogP contribution < -0.4 is 5.48 Å². The monoisotopic (exact) mass is 245 g/mol. The number of hydrogen-bond acceptors (Lipinski definition) is 5. The molecular formula is C11H19NO5. The maximum atomic E-state index is 11.4. The predicted octanol–water partition coefficient (Wildman–Crippen LogP) is 1.39. The number of carbonyl (C=O) groups is 2. The summed E-state index contributed by atoms with van der Waals surface area (Å²) in [6, 6.07) is 0. The molecule has 0 radical (unpaired) electrons. The number of hydrogen-bond donors (Lipinski definition) is 1. The van der Waals surface area contributed by atoms with E-state index in [4.69, 9.17) is 9.57 Å². The number of nitrogens with one attached hydrogen (secondary N) is 1. The van der Waals surface area contributed by atoms with Gasteiger partial charge in [0.2, 0.25) is 0 Å². The molecule has 0 heterocycles. The van der Waals surface area contributed by atoms with E-state index in [0.717, 1.165) is 12.8 Å². The number of carbonyl (C=O) groups excluding carboxylic acids is 2. The molecule has 1 saturated carbocycles. The molecule has 0 bridgehead atoms. The molecule has 0 saturated heterocycles. The Labute approximate surface area is 101 Å². The van der Waals surface area contributed by atoms with Gasteiger partial charge >= 0.3 is 12.1 Å². The minimum absolute atomic E-state index is 0.123. The van der Waals surface area contributed by atoms with Crippen LogP contribution >= 0.6 is 0 Å². The Balaban J connectivity index is 2.36. The zero-order chi connectivity index (χ0) is 13.1. The first kappa shape index (κ1) is 13.8. The van der Waals surface area contributed by atoms with Gasteiger partial charge in [-0.05, 0) is 39.5 Å². The Morgan fingerprint density at radius 3 is 2.29 bits per heavy atom. The summed E-state index contributed by atoms with van der Waals surface area (Å²) in [4.78, 5) is 27.7. The van der Waals surface area contributed by atoms with Gasteiger partial charge in [0.1, 0.15) is 5.60 Å². The lowest BCUT2D eigenvalue weighted by molar-refractivity contribution is -0.160. The first-order valence-corrected chi connectivity index (χ1v) is 5.56. The SMILES string of the molecule is COC(=O)C(ONC(=O)OC(C)(C)C)C1CC1. The zero-order valence-electron chi connectivity index (χ0n) is 10.6. The second-order valence-electron chi connectivity index (χ2n) is 5.00. The maximum absolute atomic E-state index is 11.4. The van der Waals surface area contributed by atoms with Crippen LogP contribution in [0.2, 0.25) is 0 Å². The average Bonchev–Trinajstić information content (AvgIpc) is 2.98. The van der Waals surface area contributed by atoms with Gasteiger partial charge in [-0.2, -0.15) is 5.48 Å². The molecule has 1 N–H and O–H groups in total. The Morgan fingerprint density at radius 2 is 1.88 bits per heavy atom. The molecule has 1 fully saturated rings. The van der Waals surface area contributed by atoms with Crippen molar-refractivity contribution in [2.45, 2.75) is 45.3 Å². The lowest BCUT2D eigenvalue weighted by atomic mass is 10.2. The summed E-state index contributed by atoms with van der Waals surface area (Å²) in [5.41, 5.74) is 1.51. The van der Waals surface area contributed by atoms with Crippen molar-refractivity contribution in [1.29, 1.82) is 0 Å². The van der Waals surface area contributed by atoms with Crippen molar-refractivity contribution in [2.24, 2.45) is 5.92 Å². The molecule has 0 aromatic rings. The molecule has 0 aromatic carbocycles. The number of esters is 1. The summed E-state index contributed by atoms with van der Waals surface area (Å²) in [6.45, 7) is 5.22. The summed E-state index contributed by atoms with van der Waals surface area (Å²) < 4.78 is 9.57. The number of amides is 1. The van der Waals surface area contributed by atoms with Gasteiger partial charge in [0.05, 0.1) is 7.11 Å². The molecule has 98 valence electrons. The highest BCUT2D eigenvalue weighted by molar-refractivity contribution is 5.75. The van der Waals surface area contributed by atoms with E-state index in [2.05, 4.69) is 10.2 Å². The number of hydroxylamine groups is 1. The third-order valence-corrected chi connectivity index (χ3v) is 2.15. The predicted molar refractivity (Wildman–Crippen MR) is 59.0 cm³/mol. The topological polar surface area (TPSA) is 73.9 Å². The molecular weight excluding hydrogens is 226 g/mol. The van der Waals surface area contributed by atoms with Crippen LogP contribution in [-0.2, 0) is 19.1 Å². The van der Waals surface area contributed by atoms with E-state index >= 15 is 0 Å². The summed E-state index contributed by atoms with van der Waals surface area (Å²) >= 11 is 0. The number of methoxy groups -OCH3 is 1. The van der Waals surface area contributed by atoms with Crippen molar-refractivity contribution in [3.05, 3.63) is 0 Å². The third-order valence-electron chi connectivity index (χ3n) is 2.15. The largest absolute Gasteiger partial charge is 0.467 e. The lowest BCUT2D eigenvalue weighted by Crippen LogP contribution is -2.39. The molecule has 6 heteroatoms. The number of rotatable bonds is 4. The van der Waals surface area contributed by atoms with E-state index in [9.17, 15) is 9.59 Å². The molecule has 6 nitrogen and oxygen atoms in total. The van der Waals surface area contributed by atoms with Crippen LogP contribution in [0.5, 0.6) is 0 Å². The van der Waals surface area contributed by atoms with Crippen molar-refractivity contribution < 1.29 is 23.9 Å². The van der Waals surface area contributed by atoms with E-state index in [-0.39, 0.29) is 5.92 Å². The second-order valence-corrected chi connectivity index (χ2v) is 5.00. The fourth-order valence-corrected chi connectivity index (χ4v) is 1.26. The van der Waals surface area contributed by atoms with E-state index in [1.54, 1.807) is 20.8 Å². The van der Waals surface area contributed by atoms with Crippen molar-refractivity contribution in [3.8, 4) is 0 Å². The number of ether oxygens (including phenoxy) is 2. The first-order chi connectivity index (χ1) is 7.83. The average molecular weight is 245 g/mol.